The SMILES string of the molecule is CC(C)CN1CCC(NN2CCCCC2)CC1. The van der Waals surface area contributed by atoms with E-state index in [2.05, 4.69) is 29.2 Å². The predicted octanol–water partition coefficient (Wildman–Crippen LogP) is 2.10. The second kappa shape index (κ2) is 6.72. The maximum atomic E-state index is 3.74. The van der Waals surface area contributed by atoms with Crippen LogP contribution in [0.1, 0.15) is 46.0 Å². The highest BCUT2D eigenvalue weighted by Gasteiger charge is 2.21. The van der Waals surface area contributed by atoms with Gasteiger partial charge in [-0.1, -0.05) is 20.3 Å². The highest BCUT2D eigenvalue weighted by atomic mass is 15.5. The monoisotopic (exact) mass is 239 g/mol. The Bertz CT molecular complexity index is 204. The van der Waals surface area contributed by atoms with E-state index in [4.69, 9.17) is 0 Å². The molecular formula is C14H29N3. The lowest BCUT2D eigenvalue weighted by molar-refractivity contribution is 0.0905. The van der Waals surface area contributed by atoms with E-state index in [1.54, 1.807) is 0 Å². The van der Waals surface area contributed by atoms with Gasteiger partial charge >= 0.3 is 0 Å². The average Bonchev–Trinajstić information content (AvgIpc) is 2.32. The molecule has 1 N–H and O–H groups in total. The fourth-order valence-corrected chi connectivity index (χ4v) is 3.04. The van der Waals surface area contributed by atoms with Crippen molar-refractivity contribution in [1.82, 2.24) is 15.3 Å². The topological polar surface area (TPSA) is 18.5 Å². The third-order valence-electron chi connectivity index (χ3n) is 3.93. The van der Waals surface area contributed by atoms with Crippen molar-refractivity contribution < 1.29 is 0 Å². The fourth-order valence-electron chi connectivity index (χ4n) is 3.04. The van der Waals surface area contributed by atoms with E-state index >= 15 is 0 Å². The summed E-state index contributed by atoms with van der Waals surface area (Å²) in [5.74, 6) is 0.807. The lowest BCUT2D eigenvalue weighted by atomic mass is 10.0. The normalized spacial score (nSPS) is 25.6. The summed E-state index contributed by atoms with van der Waals surface area (Å²) in [4.78, 5) is 2.62. The van der Waals surface area contributed by atoms with E-state index in [0.717, 1.165) is 12.0 Å². The number of hydrogen-bond acceptors (Lipinski definition) is 3. The van der Waals surface area contributed by atoms with Gasteiger partial charge in [-0.15, -0.1) is 0 Å². The molecular weight excluding hydrogens is 210 g/mol. The molecule has 2 aliphatic rings. The Morgan fingerprint density at radius 3 is 2.24 bits per heavy atom. The van der Waals surface area contributed by atoms with Crippen molar-refractivity contribution in [3.63, 3.8) is 0 Å². The molecule has 0 radical (unpaired) electrons. The molecule has 2 fully saturated rings. The molecule has 2 heterocycles. The summed E-state index contributed by atoms with van der Waals surface area (Å²) in [6, 6.07) is 0.733. The van der Waals surface area contributed by atoms with Crippen molar-refractivity contribution in [1.29, 1.82) is 0 Å². The van der Waals surface area contributed by atoms with Gasteiger partial charge in [0.1, 0.15) is 0 Å². The number of hydrogen-bond donors (Lipinski definition) is 1. The van der Waals surface area contributed by atoms with Crippen LogP contribution in [-0.4, -0.2) is 48.7 Å². The number of nitrogens with zero attached hydrogens (tertiary/aromatic N) is 2. The van der Waals surface area contributed by atoms with Crippen molar-refractivity contribution in [2.24, 2.45) is 5.92 Å². The zero-order valence-corrected chi connectivity index (χ0v) is 11.6. The molecule has 0 unspecified atom stereocenters. The maximum absolute atomic E-state index is 3.74. The third kappa shape index (κ3) is 4.57. The molecule has 0 amide bonds. The van der Waals surface area contributed by atoms with E-state index in [1.165, 1.54) is 64.8 Å². The Morgan fingerprint density at radius 1 is 1.00 bits per heavy atom. The Morgan fingerprint density at radius 2 is 1.65 bits per heavy atom. The van der Waals surface area contributed by atoms with Crippen LogP contribution < -0.4 is 5.43 Å². The van der Waals surface area contributed by atoms with Gasteiger partial charge in [0, 0.05) is 25.7 Å². The van der Waals surface area contributed by atoms with Gasteiger partial charge in [0.25, 0.3) is 0 Å². The van der Waals surface area contributed by atoms with Crippen molar-refractivity contribution >= 4 is 0 Å². The summed E-state index contributed by atoms with van der Waals surface area (Å²) in [5.41, 5.74) is 3.74. The van der Waals surface area contributed by atoms with Crippen LogP contribution >= 0.6 is 0 Å². The lowest BCUT2D eigenvalue weighted by Gasteiger charge is -2.37. The Balaban J connectivity index is 1.64. The Kier molecular flexibility index (Phi) is 5.26. The number of hydrazine groups is 1. The lowest BCUT2D eigenvalue weighted by Crippen LogP contribution is -2.51. The Labute approximate surface area is 107 Å². The van der Waals surface area contributed by atoms with E-state index in [9.17, 15) is 0 Å². The van der Waals surface area contributed by atoms with Crippen LogP contribution in [0.5, 0.6) is 0 Å². The molecule has 0 saturated carbocycles. The molecule has 2 rings (SSSR count). The highest BCUT2D eigenvalue weighted by molar-refractivity contribution is 4.77. The highest BCUT2D eigenvalue weighted by Crippen LogP contribution is 2.14. The fraction of sp³-hybridized carbons (Fsp3) is 1.00. The molecule has 3 heteroatoms. The van der Waals surface area contributed by atoms with E-state index < -0.39 is 0 Å². The number of nitrogens with one attached hydrogen (secondary N) is 1. The average molecular weight is 239 g/mol. The molecule has 2 saturated heterocycles. The van der Waals surface area contributed by atoms with Gasteiger partial charge in [0.05, 0.1) is 0 Å². The predicted molar refractivity (Wildman–Crippen MR) is 72.9 cm³/mol. The second-order valence-electron chi connectivity index (χ2n) is 6.15. The van der Waals surface area contributed by atoms with Gasteiger partial charge in [-0.2, -0.15) is 0 Å². The minimum absolute atomic E-state index is 0.733. The van der Waals surface area contributed by atoms with Crippen LogP contribution in [-0.2, 0) is 0 Å². The molecule has 0 atom stereocenters. The standard InChI is InChI=1S/C14H29N3/c1-13(2)12-16-10-6-14(7-11-16)15-17-8-4-3-5-9-17/h13-15H,3-12H2,1-2H3. The van der Waals surface area contributed by atoms with Crippen LogP contribution in [0.3, 0.4) is 0 Å². The molecule has 0 aromatic rings. The quantitative estimate of drug-likeness (QED) is 0.810. The summed E-state index contributed by atoms with van der Waals surface area (Å²) >= 11 is 0. The van der Waals surface area contributed by atoms with Crippen LogP contribution in [0.25, 0.3) is 0 Å². The van der Waals surface area contributed by atoms with Gasteiger partial charge in [0.15, 0.2) is 0 Å². The van der Waals surface area contributed by atoms with Gasteiger partial charge in [-0.3, -0.25) is 5.43 Å². The summed E-state index contributed by atoms with van der Waals surface area (Å²) in [5, 5.41) is 2.46. The molecule has 2 aliphatic heterocycles. The van der Waals surface area contributed by atoms with Gasteiger partial charge in [-0.25, -0.2) is 5.01 Å². The minimum atomic E-state index is 0.733. The number of likely N-dealkylation sites (tertiary alicyclic amines) is 1. The number of rotatable bonds is 4. The third-order valence-corrected chi connectivity index (χ3v) is 3.93. The van der Waals surface area contributed by atoms with Crippen LogP contribution in [0.4, 0.5) is 0 Å². The minimum Gasteiger partial charge on any atom is -0.303 e. The first-order chi connectivity index (χ1) is 8.24. The summed E-state index contributed by atoms with van der Waals surface area (Å²) < 4.78 is 0. The maximum Gasteiger partial charge on any atom is 0.0239 e. The molecule has 0 aromatic carbocycles. The van der Waals surface area contributed by atoms with Gasteiger partial charge in [0.2, 0.25) is 0 Å². The molecule has 0 aromatic heterocycles. The molecule has 17 heavy (non-hydrogen) atoms. The van der Waals surface area contributed by atoms with Crippen molar-refractivity contribution in [2.75, 3.05) is 32.7 Å². The molecule has 0 aliphatic carbocycles. The first-order valence-electron chi connectivity index (χ1n) is 7.47. The van der Waals surface area contributed by atoms with Crippen LogP contribution in [0.2, 0.25) is 0 Å². The first-order valence-corrected chi connectivity index (χ1v) is 7.47. The Hall–Kier alpha value is -0.120. The van der Waals surface area contributed by atoms with E-state index in [-0.39, 0.29) is 0 Å². The van der Waals surface area contributed by atoms with Crippen molar-refractivity contribution in [2.45, 2.75) is 52.0 Å². The van der Waals surface area contributed by atoms with E-state index in [0.29, 0.717) is 0 Å². The van der Waals surface area contributed by atoms with E-state index in [1.807, 2.05) is 0 Å². The molecule has 3 nitrogen and oxygen atoms in total. The van der Waals surface area contributed by atoms with Crippen LogP contribution in [0.15, 0.2) is 0 Å². The first kappa shape index (κ1) is 13.3. The smallest absolute Gasteiger partial charge is 0.0239 e. The molecule has 100 valence electrons. The van der Waals surface area contributed by atoms with Crippen molar-refractivity contribution in [3.05, 3.63) is 0 Å². The van der Waals surface area contributed by atoms with Crippen molar-refractivity contribution in [3.8, 4) is 0 Å². The van der Waals surface area contributed by atoms with Crippen LogP contribution in [0, 0.1) is 5.92 Å². The van der Waals surface area contributed by atoms with Gasteiger partial charge in [-0.05, 0) is 44.7 Å². The summed E-state index contributed by atoms with van der Waals surface area (Å²) in [6.07, 6.45) is 6.82. The molecule has 0 spiro atoms. The zero-order chi connectivity index (χ0) is 12.1. The second-order valence-corrected chi connectivity index (χ2v) is 6.15. The summed E-state index contributed by atoms with van der Waals surface area (Å²) in [7, 11) is 0. The zero-order valence-electron chi connectivity index (χ0n) is 11.6. The van der Waals surface area contributed by atoms with Gasteiger partial charge < -0.3 is 4.90 Å². The summed E-state index contributed by atoms with van der Waals surface area (Å²) in [6.45, 7) is 11.0. The number of piperidine rings is 2. The molecule has 0 bridgehead atoms. The largest absolute Gasteiger partial charge is 0.303 e.